The summed E-state index contributed by atoms with van der Waals surface area (Å²) in [5.74, 6) is 0. The van der Waals surface area contributed by atoms with Crippen LogP contribution in [0.1, 0.15) is 20.3 Å². The van der Waals surface area contributed by atoms with E-state index in [0.717, 1.165) is 17.1 Å². The molecule has 4 heteroatoms. The first-order valence-corrected chi connectivity index (χ1v) is 3.45. The molecule has 0 atom stereocenters. The molecule has 63 valence electrons. The molecule has 0 aliphatic carbocycles. The molecule has 0 aliphatic rings. The Kier molecular flexibility index (Phi) is 4.26. The maximum absolute atomic E-state index is 10.4. The van der Waals surface area contributed by atoms with Gasteiger partial charge in [0.15, 0.2) is 0 Å². The van der Waals surface area contributed by atoms with Gasteiger partial charge in [0.25, 0.3) is 0 Å². The van der Waals surface area contributed by atoms with Crippen LogP contribution < -0.4 is 0 Å². The molecule has 0 unspecified atom stereocenters. The van der Waals surface area contributed by atoms with Crippen LogP contribution in [-0.2, 0) is 0 Å². The smallest absolute Gasteiger partial charge is 0.427 e. The zero-order valence-corrected chi connectivity index (χ0v) is 6.87. The van der Waals surface area contributed by atoms with Crippen molar-refractivity contribution in [2.45, 2.75) is 20.3 Å². The summed E-state index contributed by atoms with van der Waals surface area (Å²) >= 11 is 0. The maximum Gasteiger partial charge on any atom is 0.427 e. The summed E-state index contributed by atoms with van der Waals surface area (Å²) in [6.45, 7) is 7.28. The summed E-state index contributed by atoms with van der Waals surface area (Å²) in [7, 11) is 0. The molecular weight excluding hydrogens is 144 g/mol. The molecule has 0 aromatic heterocycles. The third-order valence-electron chi connectivity index (χ3n) is 1.24. The molecule has 0 saturated carbocycles. The number of hydrogen-bond donors (Lipinski definition) is 1. The monoisotopic (exact) mass is 157 g/mol. The van der Waals surface area contributed by atoms with Crippen LogP contribution >= 0.6 is 0 Å². The van der Waals surface area contributed by atoms with E-state index in [9.17, 15) is 4.79 Å². The average molecular weight is 157 g/mol. The Morgan fingerprint density at radius 1 is 1.73 bits per heavy atom. The van der Waals surface area contributed by atoms with E-state index in [2.05, 4.69) is 12.0 Å². The molecule has 1 radical (unpaired) electrons. The molecule has 0 aliphatic heterocycles. The molecule has 0 aromatic rings. The standard InChI is InChI=1S/C7H13N2O2/c1-4-6(3)8-9(5-2)7(10)11/h2,4-5H2,1,3H3,(H,10,11). The van der Waals surface area contributed by atoms with Crippen molar-refractivity contribution in [3.63, 3.8) is 0 Å². The number of hydrazone groups is 1. The first-order valence-electron chi connectivity index (χ1n) is 3.45. The van der Waals surface area contributed by atoms with Crippen molar-refractivity contribution >= 4 is 11.8 Å². The molecule has 0 bridgehead atoms. The average Bonchev–Trinajstić information content (AvgIpc) is 1.99. The minimum absolute atomic E-state index is 0.146. The molecule has 4 nitrogen and oxygen atoms in total. The van der Waals surface area contributed by atoms with E-state index in [-0.39, 0.29) is 6.54 Å². The SMILES string of the molecule is [CH2]CN(N=C(C)CC)C(=O)O. The Labute approximate surface area is 66.5 Å². The number of carbonyl (C=O) groups is 1. The van der Waals surface area contributed by atoms with Crippen LogP contribution in [0.15, 0.2) is 5.10 Å². The summed E-state index contributed by atoms with van der Waals surface area (Å²) in [6, 6.07) is 0. The summed E-state index contributed by atoms with van der Waals surface area (Å²) in [6.07, 6.45) is -0.308. The zero-order valence-electron chi connectivity index (χ0n) is 6.87. The first kappa shape index (κ1) is 9.94. The number of nitrogens with zero attached hydrogens (tertiary/aromatic N) is 2. The van der Waals surface area contributed by atoms with Crippen LogP contribution in [-0.4, -0.2) is 28.5 Å². The van der Waals surface area contributed by atoms with Crippen molar-refractivity contribution in [3.05, 3.63) is 6.92 Å². The van der Waals surface area contributed by atoms with E-state index in [0.29, 0.717) is 0 Å². The lowest BCUT2D eigenvalue weighted by Gasteiger charge is -2.10. The van der Waals surface area contributed by atoms with Gasteiger partial charge in [-0.15, -0.1) is 0 Å². The molecule has 0 rings (SSSR count). The number of hydrogen-bond acceptors (Lipinski definition) is 2. The second kappa shape index (κ2) is 4.71. The summed E-state index contributed by atoms with van der Waals surface area (Å²) in [5, 5.41) is 13.2. The normalized spacial score (nSPS) is 11.4. The van der Waals surface area contributed by atoms with Crippen molar-refractivity contribution in [2.24, 2.45) is 5.10 Å². The number of carboxylic acid groups (broad SMARTS) is 1. The van der Waals surface area contributed by atoms with Crippen LogP contribution in [0.4, 0.5) is 4.79 Å². The zero-order chi connectivity index (χ0) is 8.85. The third kappa shape index (κ3) is 3.60. The lowest BCUT2D eigenvalue weighted by Crippen LogP contribution is -2.24. The molecule has 0 saturated heterocycles. The Morgan fingerprint density at radius 3 is 2.55 bits per heavy atom. The molecule has 0 aromatic carbocycles. The Balaban J connectivity index is 4.17. The van der Waals surface area contributed by atoms with Gasteiger partial charge in [-0.05, 0) is 20.3 Å². The van der Waals surface area contributed by atoms with Gasteiger partial charge in [-0.2, -0.15) is 10.1 Å². The summed E-state index contributed by atoms with van der Waals surface area (Å²) < 4.78 is 0. The fourth-order valence-corrected chi connectivity index (χ4v) is 0.465. The largest absolute Gasteiger partial charge is 0.464 e. The first-order chi connectivity index (χ1) is 5.11. The number of amides is 1. The van der Waals surface area contributed by atoms with E-state index < -0.39 is 6.09 Å². The maximum atomic E-state index is 10.4. The third-order valence-corrected chi connectivity index (χ3v) is 1.24. The highest BCUT2D eigenvalue weighted by Gasteiger charge is 2.06. The predicted octanol–water partition coefficient (Wildman–Crippen LogP) is 1.59. The highest BCUT2D eigenvalue weighted by atomic mass is 16.4. The van der Waals surface area contributed by atoms with Gasteiger partial charge < -0.3 is 5.11 Å². The van der Waals surface area contributed by atoms with Crippen molar-refractivity contribution in [3.8, 4) is 0 Å². The van der Waals surface area contributed by atoms with Crippen molar-refractivity contribution < 1.29 is 9.90 Å². The minimum Gasteiger partial charge on any atom is -0.464 e. The second-order valence-electron chi connectivity index (χ2n) is 2.09. The van der Waals surface area contributed by atoms with Crippen molar-refractivity contribution in [1.82, 2.24) is 5.01 Å². The van der Waals surface area contributed by atoms with Crippen LogP contribution in [0.5, 0.6) is 0 Å². The van der Waals surface area contributed by atoms with Gasteiger partial charge in [0.2, 0.25) is 0 Å². The van der Waals surface area contributed by atoms with Crippen LogP contribution in [0, 0.1) is 6.92 Å². The van der Waals surface area contributed by atoms with Crippen LogP contribution in [0.25, 0.3) is 0 Å². The fraction of sp³-hybridized carbons (Fsp3) is 0.571. The fourth-order valence-electron chi connectivity index (χ4n) is 0.465. The highest BCUT2D eigenvalue weighted by Crippen LogP contribution is 1.93. The molecule has 1 N–H and O–H groups in total. The van der Waals surface area contributed by atoms with Gasteiger partial charge in [0.1, 0.15) is 0 Å². The summed E-state index contributed by atoms with van der Waals surface area (Å²) in [4.78, 5) is 10.4. The van der Waals surface area contributed by atoms with Gasteiger partial charge in [0, 0.05) is 12.3 Å². The Morgan fingerprint density at radius 2 is 2.27 bits per heavy atom. The van der Waals surface area contributed by atoms with Gasteiger partial charge in [-0.1, -0.05) is 6.92 Å². The molecule has 0 fully saturated rings. The molecule has 1 amide bonds. The lowest BCUT2D eigenvalue weighted by atomic mass is 10.3. The molecule has 0 heterocycles. The van der Waals surface area contributed by atoms with Gasteiger partial charge >= 0.3 is 6.09 Å². The van der Waals surface area contributed by atoms with E-state index in [1.807, 2.05) is 6.92 Å². The molecule has 0 spiro atoms. The van der Waals surface area contributed by atoms with Gasteiger partial charge in [-0.3, -0.25) is 0 Å². The van der Waals surface area contributed by atoms with Crippen molar-refractivity contribution in [2.75, 3.05) is 6.54 Å². The topological polar surface area (TPSA) is 52.9 Å². The second-order valence-corrected chi connectivity index (χ2v) is 2.09. The Bertz CT molecular complexity index is 166. The van der Waals surface area contributed by atoms with Crippen LogP contribution in [0.2, 0.25) is 0 Å². The van der Waals surface area contributed by atoms with E-state index in [1.54, 1.807) is 6.92 Å². The molecular formula is C7H13N2O2. The molecule has 11 heavy (non-hydrogen) atoms. The van der Waals surface area contributed by atoms with Crippen molar-refractivity contribution in [1.29, 1.82) is 0 Å². The summed E-state index contributed by atoms with van der Waals surface area (Å²) in [5.41, 5.74) is 0.788. The highest BCUT2D eigenvalue weighted by molar-refractivity contribution is 5.82. The van der Waals surface area contributed by atoms with Gasteiger partial charge in [-0.25, -0.2) is 4.79 Å². The predicted molar refractivity (Wildman–Crippen MR) is 43.5 cm³/mol. The van der Waals surface area contributed by atoms with Crippen LogP contribution in [0.3, 0.4) is 0 Å². The quantitative estimate of drug-likeness (QED) is 0.499. The minimum atomic E-state index is -1.06. The Hall–Kier alpha value is -1.06. The van der Waals surface area contributed by atoms with Gasteiger partial charge in [0.05, 0.1) is 0 Å². The van der Waals surface area contributed by atoms with E-state index >= 15 is 0 Å². The van der Waals surface area contributed by atoms with E-state index in [1.165, 1.54) is 0 Å². The number of rotatable bonds is 3. The lowest BCUT2D eigenvalue weighted by molar-refractivity contribution is 0.152. The van der Waals surface area contributed by atoms with E-state index in [4.69, 9.17) is 5.11 Å².